The van der Waals surface area contributed by atoms with Crippen molar-refractivity contribution in [3.05, 3.63) is 194 Å². The summed E-state index contributed by atoms with van der Waals surface area (Å²) >= 11 is 1.78. The lowest BCUT2D eigenvalue weighted by atomic mass is 10.0. The average Bonchev–Trinajstić information content (AvgIpc) is 4.14. The van der Waals surface area contributed by atoms with Gasteiger partial charge in [-0.05, 0) is 82.2 Å². The van der Waals surface area contributed by atoms with E-state index in [0.717, 1.165) is 82.7 Å². The van der Waals surface area contributed by atoms with Gasteiger partial charge in [-0.2, -0.15) is 0 Å². The van der Waals surface area contributed by atoms with Gasteiger partial charge < -0.3 is 13.4 Å². The highest BCUT2D eigenvalue weighted by Crippen LogP contribution is 2.46. The maximum absolute atomic E-state index is 7.06. The minimum atomic E-state index is 0.554. The molecule has 306 valence electrons. The Kier molecular flexibility index (Phi) is 7.28. The summed E-state index contributed by atoms with van der Waals surface area (Å²) in [7, 11) is 0. The van der Waals surface area contributed by atoms with Crippen LogP contribution in [0.3, 0.4) is 0 Å². The molecule has 0 spiro atoms. The number of benzene rings is 10. The Bertz CT molecular complexity index is 4420. The first-order valence-electron chi connectivity index (χ1n) is 22.1. The second kappa shape index (κ2) is 13.4. The first kappa shape index (κ1) is 35.8. The molecule has 5 aromatic heterocycles. The predicted octanol–water partition coefficient (Wildman–Crippen LogP) is 16.4. The molecule has 0 aliphatic carbocycles. The van der Waals surface area contributed by atoms with Crippen LogP contribution < -0.4 is 0 Å². The summed E-state index contributed by atoms with van der Waals surface area (Å²) in [4.78, 5) is 16.3. The molecule has 0 aliphatic heterocycles. The Hall–Kier alpha value is -8.65. The quantitative estimate of drug-likeness (QED) is 0.176. The number of rotatable bonds is 4. The molecule has 66 heavy (non-hydrogen) atoms. The molecule has 5 heterocycles. The highest BCUT2D eigenvalue weighted by atomic mass is 32.1. The van der Waals surface area contributed by atoms with Crippen molar-refractivity contribution in [1.29, 1.82) is 0 Å². The van der Waals surface area contributed by atoms with Crippen LogP contribution in [0.4, 0.5) is 0 Å². The van der Waals surface area contributed by atoms with Crippen LogP contribution in [0.5, 0.6) is 0 Å². The zero-order valence-electron chi connectivity index (χ0n) is 35.0. The van der Waals surface area contributed by atoms with Crippen molar-refractivity contribution < 1.29 is 8.83 Å². The number of hydrogen-bond donors (Lipinski definition) is 0. The predicted molar refractivity (Wildman–Crippen MR) is 273 cm³/mol. The molecule has 0 saturated carbocycles. The molecule has 0 saturated heterocycles. The average molecular weight is 861 g/mol. The summed E-state index contributed by atoms with van der Waals surface area (Å²) in [6.07, 6.45) is 0. The summed E-state index contributed by atoms with van der Waals surface area (Å²) in [6, 6.07) is 68.4. The number of para-hydroxylation sites is 2. The van der Waals surface area contributed by atoms with Gasteiger partial charge >= 0.3 is 0 Å². The molecule has 0 amide bonds. The largest absolute Gasteiger partial charge is 0.456 e. The maximum Gasteiger partial charge on any atom is 0.164 e. The summed E-state index contributed by atoms with van der Waals surface area (Å²) in [5.41, 5.74) is 8.97. The van der Waals surface area contributed by atoms with E-state index < -0.39 is 0 Å². The first-order chi connectivity index (χ1) is 32.7. The van der Waals surface area contributed by atoms with Gasteiger partial charge in [0, 0.05) is 69.2 Å². The topological polar surface area (TPSA) is 69.9 Å². The van der Waals surface area contributed by atoms with Crippen molar-refractivity contribution >= 4 is 119 Å². The van der Waals surface area contributed by atoms with Gasteiger partial charge in [-0.3, -0.25) is 0 Å². The third-order valence-electron chi connectivity index (χ3n) is 13.4. The number of thiophene rings is 1. The van der Waals surface area contributed by atoms with Crippen LogP contribution in [0.15, 0.2) is 203 Å². The van der Waals surface area contributed by atoms with Crippen molar-refractivity contribution in [2.45, 2.75) is 0 Å². The molecule has 0 radical (unpaired) electrons. The molecule has 10 aromatic carbocycles. The van der Waals surface area contributed by atoms with E-state index >= 15 is 0 Å². The molecular formula is C59H32N4O2S. The molecule has 7 heteroatoms. The molecule has 15 aromatic rings. The highest BCUT2D eigenvalue weighted by molar-refractivity contribution is 7.25. The van der Waals surface area contributed by atoms with Crippen LogP contribution in [0.2, 0.25) is 0 Å². The Morgan fingerprint density at radius 2 is 0.924 bits per heavy atom. The molecule has 0 fully saturated rings. The van der Waals surface area contributed by atoms with Crippen molar-refractivity contribution in [2.75, 3.05) is 0 Å². The lowest BCUT2D eigenvalue weighted by molar-refractivity contribution is 0.666. The fourth-order valence-electron chi connectivity index (χ4n) is 10.6. The molecule has 0 N–H and O–H groups in total. The van der Waals surface area contributed by atoms with Crippen LogP contribution in [-0.4, -0.2) is 19.5 Å². The normalized spacial score (nSPS) is 12.2. The van der Waals surface area contributed by atoms with Gasteiger partial charge in [0.05, 0.1) is 16.7 Å². The van der Waals surface area contributed by atoms with Gasteiger partial charge in [-0.1, -0.05) is 133 Å². The van der Waals surface area contributed by atoms with Crippen LogP contribution in [0.1, 0.15) is 0 Å². The summed E-state index contributed by atoms with van der Waals surface area (Å²) < 4.78 is 18.3. The lowest BCUT2D eigenvalue weighted by Crippen LogP contribution is -2.02. The van der Waals surface area contributed by atoms with E-state index in [-0.39, 0.29) is 0 Å². The van der Waals surface area contributed by atoms with Gasteiger partial charge in [0.25, 0.3) is 0 Å². The summed E-state index contributed by atoms with van der Waals surface area (Å²) in [5.74, 6) is 1.72. The molecular weight excluding hydrogens is 829 g/mol. The number of hydrogen-bond acceptors (Lipinski definition) is 6. The van der Waals surface area contributed by atoms with Crippen molar-refractivity contribution in [3.8, 4) is 39.9 Å². The lowest BCUT2D eigenvalue weighted by Gasteiger charge is -2.13. The van der Waals surface area contributed by atoms with E-state index in [1.165, 1.54) is 47.1 Å². The van der Waals surface area contributed by atoms with E-state index in [2.05, 4.69) is 156 Å². The third-order valence-corrected chi connectivity index (χ3v) is 14.6. The zero-order valence-corrected chi connectivity index (χ0v) is 35.8. The fourth-order valence-corrected chi connectivity index (χ4v) is 11.7. The first-order valence-corrected chi connectivity index (χ1v) is 22.9. The number of nitrogens with zero attached hydrogens (tertiary/aromatic N) is 4. The van der Waals surface area contributed by atoms with Gasteiger partial charge in [0.2, 0.25) is 0 Å². The highest BCUT2D eigenvalue weighted by Gasteiger charge is 2.25. The fraction of sp³-hybridized carbons (Fsp3) is 0. The molecule has 0 atom stereocenters. The monoisotopic (exact) mass is 860 g/mol. The van der Waals surface area contributed by atoms with Gasteiger partial charge in [-0.25, -0.2) is 15.0 Å². The number of furan rings is 2. The van der Waals surface area contributed by atoms with E-state index in [1.807, 2.05) is 42.5 Å². The van der Waals surface area contributed by atoms with Gasteiger partial charge in [0.1, 0.15) is 16.7 Å². The maximum atomic E-state index is 7.06. The van der Waals surface area contributed by atoms with Crippen LogP contribution in [-0.2, 0) is 0 Å². The molecule has 0 unspecified atom stereocenters. The molecule has 6 nitrogen and oxygen atoms in total. The standard InChI is InChI=1S/C59H32N4O2S/c1-2-15-35-32-46-43(31-34(35)14-1)52-36-16-4-3-13-33(36)27-29-44(52)63(46)45-30-28-42(55-38-18-6-9-23-48(38)65-56(45)55)59-61-57(40-20-11-24-49-53(40)37-17-5-8-22-47(37)64-49)60-58(62-59)41-21-12-26-51-54(41)39-19-7-10-25-50(39)66-51/h1-32H. The van der Waals surface area contributed by atoms with Crippen LogP contribution >= 0.6 is 11.3 Å². The van der Waals surface area contributed by atoms with Crippen LogP contribution in [0, 0.1) is 0 Å². The molecule has 0 aliphatic rings. The summed E-state index contributed by atoms with van der Waals surface area (Å²) in [6.45, 7) is 0. The minimum absolute atomic E-state index is 0.554. The van der Waals surface area contributed by atoms with Gasteiger partial charge in [-0.15, -0.1) is 11.3 Å². The van der Waals surface area contributed by atoms with Gasteiger partial charge in [0.15, 0.2) is 23.1 Å². The smallest absolute Gasteiger partial charge is 0.164 e. The van der Waals surface area contributed by atoms with E-state index in [9.17, 15) is 0 Å². The van der Waals surface area contributed by atoms with Crippen molar-refractivity contribution in [3.63, 3.8) is 0 Å². The number of aromatic nitrogens is 4. The number of fused-ring (bicyclic) bond motifs is 15. The van der Waals surface area contributed by atoms with E-state index in [4.69, 9.17) is 23.8 Å². The second-order valence-corrected chi connectivity index (χ2v) is 18.1. The summed E-state index contributed by atoms with van der Waals surface area (Å²) in [5, 5.41) is 13.4. The molecule has 15 rings (SSSR count). The Morgan fingerprint density at radius 3 is 1.71 bits per heavy atom. The molecule has 0 bridgehead atoms. The Morgan fingerprint density at radius 1 is 0.348 bits per heavy atom. The minimum Gasteiger partial charge on any atom is -0.456 e. The second-order valence-electron chi connectivity index (χ2n) is 17.0. The van der Waals surface area contributed by atoms with Crippen molar-refractivity contribution in [2.24, 2.45) is 0 Å². The third kappa shape index (κ3) is 5.03. The Labute approximate surface area is 379 Å². The Balaban J connectivity index is 1.05. The SMILES string of the molecule is c1ccc2cc3c(cc2c1)c1c2ccccc2ccc1n3-c1ccc(-c2nc(-c3cccc4oc5ccccc5c34)nc(-c3cccc4sc5ccccc5c34)n2)c2c1oc1ccccc12. The van der Waals surface area contributed by atoms with Crippen LogP contribution in [0.25, 0.3) is 147 Å². The zero-order chi connectivity index (χ0) is 43.0. The van der Waals surface area contributed by atoms with E-state index in [0.29, 0.717) is 17.5 Å². The van der Waals surface area contributed by atoms with Crippen molar-refractivity contribution in [1.82, 2.24) is 19.5 Å². The van der Waals surface area contributed by atoms with E-state index in [1.54, 1.807) is 11.3 Å².